The number of imidazole rings is 1. The van der Waals surface area contributed by atoms with Gasteiger partial charge in [0.05, 0.1) is 11.0 Å². The molecule has 1 atom stereocenters. The Morgan fingerprint density at radius 2 is 1.78 bits per heavy atom. The SMILES string of the molecule is CCC(CNC(=O)Cn1c(=O)[nH]c2ccccc21)(C(=O)O)c1ccccc1. The molecule has 0 saturated carbocycles. The highest BCUT2D eigenvalue weighted by molar-refractivity contribution is 5.84. The standard InChI is InChI=1S/C20H21N3O4/c1-2-20(18(25)26,14-8-4-3-5-9-14)13-21-17(24)12-23-16-11-7-6-10-15(16)22-19(23)27/h3-11H,2,12-13H2,1H3,(H,21,24)(H,22,27)(H,25,26). The maximum absolute atomic E-state index is 12.4. The van der Waals surface area contributed by atoms with Gasteiger partial charge in [-0.05, 0) is 24.1 Å². The van der Waals surface area contributed by atoms with Gasteiger partial charge < -0.3 is 15.4 Å². The van der Waals surface area contributed by atoms with Crippen LogP contribution in [0.15, 0.2) is 59.4 Å². The van der Waals surface area contributed by atoms with Gasteiger partial charge in [-0.15, -0.1) is 0 Å². The summed E-state index contributed by atoms with van der Waals surface area (Å²) in [6.07, 6.45) is 0.319. The molecule has 0 radical (unpaired) electrons. The molecule has 27 heavy (non-hydrogen) atoms. The van der Waals surface area contributed by atoms with Gasteiger partial charge in [0.2, 0.25) is 5.91 Å². The van der Waals surface area contributed by atoms with Crippen molar-refractivity contribution in [2.24, 2.45) is 0 Å². The predicted octanol–water partition coefficient (Wildman–Crippen LogP) is 1.88. The Morgan fingerprint density at radius 3 is 2.44 bits per heavy atom. The summed E-state index contributed by atoms with van der Waals surface area (Å²) in [6, 6.07) is 15.9. The predicted molar refractivity (Wildman–Crippen MR) is 102 cm³/mol. The summed E-state index contributed by atoms with van der Waals surface area (Å²) < 4.78 is 1.33. The number of carboxylic acids is 1. The molecule has 1 unspecified atom stereocenters. The first kappa shape index (κ1) is 18.4. The fourth-order valence-corrected chi connectivity index (χ4v) is 3.25. The van der Waals surface area contributed by atoms with Crippen LogP contribution in [-0.4, -0.2) is 33.1 Å². The number of carbonyl (C=O) groups is 2. The molecule has 7 heteroatoms. The van der Waals surface area contributed by atoms with E-state index in [9.17, 15) is 19.5 Å². The number of aromatic amines is 1. The minimum Gasteiger partial charge on any atom is -0.481 e. The summed E-state index contributed by atoms with van der Waals surface area (Å²) in [7, 11) is 0. The maximum atomic E-state index is 12.4. The molecule has 3 rings (SSSR count). The van der Waals surface area contributed by atoms with E-state index in [-0.39, 0.29) is 18.8 Å². The highest BCUT2D eigenvalue weighted by Gasteiger charge is 2.39. The van der Waals surface area contributed by atoms with Crippen LogP contribution in [0.1, 0.15) is 18.9 Å². The minimum absolute atomic E-state index is 0.0568. The van der Waals surface area contributed by atoms with E-state index in [2.05, 4.69) is 10.3 Å². The van der Waals surface area contributed by atoms with E-state index in [0.717, 1.165) is 0 Å². The molecule has 0 fully saturated rings. The lowest BCUT2D eigenvalue weighted by atomic mass is 9.78. The zero-order valence-corrected chi connectivity index (χ0v) is 14.9. The molecule has 0 aliphatic heterocycles. The van der Waals surface area contributed by atoms with Crippen LogP contribution in [0.3, 0.4) is 0 Å². The van der Waals surface area contributed by atoms with Gasteiger partial charge >= 0.3 is 11.7 Å². The third-order valence-electron chi connectivity index (χ3n) is 4.91. The van der Waals surface area contributed by atoms with Crippen LogP contribution in [-0.2, 0) is 21.5 Å². The van der Waals surface area contributed by atoms with Gasteiger partial charge in [-0.2, -0.15) is 0 Å². The first-order valence-corrected chi connectivity index (χ1v) is 8.71. The third-order valence-corrected chi connectivity index (χ3v) is 4.91. The van der Waals surface area contributed by atoms with E-state index in [1.54, 1.807) is 55.5 Å². The number of carboxylic acid groups (broad SMARTS) is 1. The second-order valence-electron chi connectivity index (χ2n) is 6.42. The molecule has 1 heterocycles. The topological polar surface area (TPSA) is 104 Å². The van der Waals surface area contributed by atoms with E-state index >= 15 is 0 Å². The molecular formula is C20H21N3O4. The molecule has 0 saturated heterocycles. The number of aromatic nitrogens is 2. The lowest BCUT2D eigenvalue weighted by Gasteiger charge is -2.29. The number of hydrogen-bond acceptors (Lipinski definition) is 3. The number of aliphatic carboxylic acids is 1. The summed E-state index contributed by atoms with van der Waals surface area (Å²) in [5, 5.41) is 12.5. The number of amides is 1. The van der Waals surface area contributed by atoms with Crippen LogP contribution in [0.25, 0.3) is 11.0 Å². The summed E-state index contributed by atoms with van der Waals surface area (Å²) in [4.78, 5) is 39.2. The van der Waals surface area contributed by atoms with Crippen molar-refractivity contribution in [1.82, 2.24) is 14.9 Å². The first-order chi connectivity index (χ1) is 13.0. The normalized spacial score (nSPS) is 13.2. The summed E-state index contributed by atoms with van der Waals surface area (Å²) in [5.74, 6) is -1.42. The second-order valence-corrected chi connectivity index (χ2v) is 6.42. The smallest absolute Gasteiger partial charge is 0.326 e. The monoisotopic (exact) mass is 367 g/mol. The lowest BCUT2D eigenvalue weighted by Crippen LogP contribution is -2.47. The van der Waals surface area contributed by atoms with Crippen molar-refractivity contribution in [3.8, 4) is 0 Å². The van der Waals surface area contributed by atoms with Crippen molar-refractivity contribution in [3.05, 3.63) is 70.6 Å². The zero-order valence-electron chi connectivity index (χ0n) is 14.9. The van der Waals surface area contributed by atoms with Crippen LogP contribution >= 0.6 is 0 Å². The Hall–Kier alpha value is -3.35. The largest absolute Gasteiger partial charge is 0.481 e. The van der Waals surface area contributed by atoms with Crippen molar-refractivity contribution >= 4 is 22.9 Å². The molecule has 1 aromatic heterocycles. The fourth-order valence-electron chi connectivity index (χ4n) is 3.25. The minimum atomic E-state index is -1.22. The molecule has 0 spiro atoms. The van der Waals surface area contributed by atoms with Crippen molar-refractivity contribution in [2.45, 2.75) is 25.3 Å². The second kappa shape index (κ2) is 7.49. The number of benzene rings is 2. The number of nitrogens with one attached hydrogen (secondary N) is 2. The van der Waals surface area contributed by atoms with Gasteiger partial charge in [0, 0.05) is 6.54 Å². The number of para-hydroxylation sites is 2. The highest BCUT2D eigenvalue weighted by Crippen LogP contribution is 2.27. The number of hydrogen-bond donors (Lipinski definition) is 3. The van der Waals surface area contributed by atoms with Crippen molar-refractivity contribution in [1.29, 1.82) is 0 Å². The molecule has 7 nitrogen and oxygen atoms in total. The number of H-pyrrole nitrogens is 1. The molecule has 0 aliphatic rings. The van der Waals surface area contributed by atoms with Crippen molar-refractivity contribution in [3.63, 3.8) is 0 Å². The average Bonchev–Trinajstić information content (AvgIpc) is 2.99. The van der Waals surface area contributed by atoms with Gasteiger partial charge in [-0.3, -0.25) is 14.2 Å². The number of fused-ring (bicyclic) bond motifs is 1. The van der Waals surface area contributed by atoms with Crippen molar-refractivity contribution < 1.29 is 14.7 Å². The molecule has 3 aromatic rings. The molecule has 2 aromatic carbocycles. The first-order valence-electron chi connectivity index (χ1n) is 8.71. The van der Waals surface area contributed by atoms with Crippen LogP contribution < -0.4 is 11.0 Å². The van der Waals surface area contributed by atoms with Crippen LogP contribution in [0.5, 0.6) is 0 Å². The molecular weight excluding hydrogens is 346 g/mol. The van der Waals surface area contributed by atoms with Crippen LogP contribution in [0, 0.1) is 0 Å². The Labute approximate surface area is 155 Å². The van der Waals surface area contributed by atoms with E-state index in [1.807, 2.05) is 6.07 Å². The van der Waals surface area contributed by atoms with Gasteiger partial charge in [-0.25, -0.2) is 4.79 Å². The summed E-state index contributed by atoms with van der Waals surface area (Å²) in [5.41, 5.74) is 0.301. The Morgan fingerprint density at radius 1 is 1.11 bits per heavy atom. The molecule has 140 valence electrons. The summed E-state index contributed by atoms with van der Waals surface area (Å²) in [6.45, 7) is 1.53. The molecule has 3 N–H and O–H groups in total. The average molecular weight is 367 g/mol. The Balaban J connectivity index is 1.80. The van der Waals surface area contributed by atoms with Crippen LogP contribution in [0.4, 0.5) is 0 Å². The molecule has 0 bridgehead atoms. The number of nitrogens with zero attached hydrogens (tertiary/aromatic N) is 1. The highest BCUT2D eigenvalue weighted by atomic mass is 16.4. The van der Waals surface area contributed by atoms with Gasteiger partial charge in [0.1, 0.15) is 12.0 Å². The maximum Gasteiger partial charge on any atom is 0.326 e. The van der Waals surface area contributed by atoms with E-state index < -0.39 is 17.3 Å². The van der Waals surface area contributed by atoms with E-state index in [4.69, 9.17) is 0 Å². The lowest BCUT2D eigenvalue weighted by molar-refractivity contribution is -0.144. The van der Waals surface area contributed by atoms with Crippen molar-refractivity contribution in [2.75, 3.05) is 6.54 Å². The Bertz CT molecular complexity index is 1020. The number of carbonyl (C=O) groups excluding carboxylic acids is 1. The third kappa shape index (κ3) is 3.48. The molecule has 1 amide bonds. The Kier molecular flexibility index (Phi) is 5.12. The zero-order chi connectivity index (χ0) is 19.4. The molecule has 0 aliphatic carbocycles. The fraction of sp³-hybridized carbons (Fsp3) is 0.250. The van der Waals surface area contributed by atoms with Gasteiger partial charge in [0.25, 0.3) is 0 Å². The number of rotatable bonds is 7. The van der Waals surface area contributed by atoms with Crippen LogP contribution in [0.2, 0.25) is 0 Å². The van der Waals surface area contributed by atoms with Gasteiger partial charge in [0.15, 0.2) is 0 Å². The summed E-state index contributed by atoms with van der Waals surface area (Å²) >= 11 is 0. The van der Waals surface area contributed by atoms with Gasteiger partial charge in [-0.1, -0.05) is 49.4 Å². The van der Waals surface area contributed by atoms with E-state index in [0.29, 0.717) is 23.0 Å². The van der Waals surface area contributed by atoms with E-state index in [1.165, 1.54) is 4.57 Å². The quantitative estimate of drug-likeness (QED) is 0.593.